The van der Waals surface area contributed by atoms with Crippen LogP contribution < -0.4 is 10.6 Å². The van der Waals surface area contributed by atoms with Crippen molar-refractivity contribution in [3.63, 3.8) is 0 Å². The number of anilines is 2. The van der Waals surface area contributed by atoms with E-state index in [1.165, 1.54) is 30.0 Å². The van der Waals surface area contributed by atoms with Crippen LogP contribution in [0.2, 0.25) is 10.0 Å². The largest absolute Gasteiger partial charge is 0.326 e. The second-order valence-electron chi connectivity index (χ2n) is 7.27. The summed E-state index contributed by atoms with van der Waals surface area (Å²) in [5.74, 6) is -0.357. The molecular weight excluding hydrogens is 509 g/mol. The molecule has 0 saturated carbocycles. The molecule has 4 aromatic rings. The summed E-state index contributed by atoms with van der Waals surface area (Å²) >= 11 is 15.0. The Balaban J connectivity index is 1.56. The molecular formula is C25H19Cl2N3O2S2. The Kier molecular flexibility index (Phi) is 7.90. The molecule has 0 spiro atoms. The molecule has 0 aliphatic heterocycles. The highest BCUT2D eigenvalue weighted by Gasteiger charge is 2.23. The monoisotopic (exact) mass is 527 g/mol. The van der Waals surface area contributed by atoms with Crippen molar-refractivity contribution >= 4 is 68.9 Å². The SMILES string of the molecule is CC(=O)Nc1cccc(SC(C(=O)Nc2nc(-c3ccc(Cl)cc3Cl)cs2)c2ccccc2)c1. The molecule has 1 atom stereocenters. The van der Waals surface area contributed by atoms with Crippen LogP contribution in [0.4, 0.5) is 10.8 Å². The van der Waals surface area contributed by atoms with E-state index < -0.39 is 5.25 Å². The van der Waals surface area contributed by atoms with Crippen LogP contribution in [0.25, 0.3) is 11.3 Å². The van der Waals surface area contributed by atoms with E-state index in [-0.39, 0.29) is 11.8 Å². The van der Waals surface area contributed by atoms with Crippen LogP contribution >= 0.6 is 46.3 Å². The molecule has 0 aliphatic carbocycles. The second kappa shape index (κ2) is 11.1. The van der Waals surface area contributed by atoms with Crippen LogP contribution in [0.15, 0.2) is 83.1 Å². The molecule has 1 unspecified atom stereocenters. The zero-order chi connectivity index (χ0) is 24.1. The third-order valence-electron chi connectivity index (χ3n) is 4.69. The summed E-state index contributed by atoms with van der Waals surface area (Å²) in [5.41, 5.74) is 2.93. The summed E-state index contributed by atoms with van der Waals surface area (Å²) in [7, 11) is 0. The minimum absolute atomic E-state index is 0.153. The maximum Gasteiger partial charge on any atom is 0.244 e. The van der Waals surface area contributed by atoms with Gasteiger partial charge in [0, 0.05) is 33.5 Å². The molecule has 9 heteroatoms. The van der Waals surface area contributed by atoms with Crippen molar-refractivity contribution in [2.45, 2.75) is 17.1 Å². The summed E-state index contributed by atoms with van der Waals surface area (Å²) in [6, 6.07) is 22.1. The molecule has 5 nitrogen and oxygen atoms in total. The summed E-state index contributed by atoms with van der Waals surface area (Å²) in [6.45, 7) is 1.46. The van der Waals surface area contributed by atoms with Gasteiger partial charge in [0.05, 0.1) is 10.7 Å². The lowest BCUT2D eigenvalue weighted by atomic mass is 10.1. The number of carbonyl (C=O) groups excluding carboxylic acids is 2. The molecule has 34 heavy (non-hydrogen) atoms. The summed E-state index contributed by atoms with van der Waals surface area (Å²) in [5, 5.41) is 8.53. The summed E-state index contributed by atoms with van der Waals surface area (Å²) < 4.78 is 0. The number of amides is 2. The fourth-order valence-corrected chi connectivity index (χ4v) is 5.51. The number of benzene rings is 3. The summed E-state index contributed by atoms with van der Waals surface area (Å²) in [6.07, 6.45) is 0. The Morgan fingerprint density at radius 3 is 2.50 bits per heavy atom. The second-order valence-corrected chi connectivity index (χ2v) is 10.1. The van der Waals surface area contributed by atoms with E-state index in [0.29, 0.717) is 26.6 Å². The molecule has 4 rings (SSSR count). The molecule has 2 amide bonds. The molecule has 172 valence electrons. The number of thioether (sulfide) groups is 1. The van der Waals surface area contributed by atoms with Gasteiger partial charge in [-0.2, -0.15) is 0 Å². The number of carbonyl (C=O) groups is 2. The van der Waals surface area contributed by atoms with Crippen molar-refractivity contribution in [2.24, 2.45) is 0 Å². The van der Waals surface area contributed by atoms with E-state index in [1.54, 1.807) is 18.2 Å². The topological polar surface area (TPSA) is 71.1 Å². The van der Waals surface area contributed by atoms with Crippen molar-refractivity contribution in [2.75, 3.05) is 10.6 Å². The van der Waals surface area contributed by atoms with Gasteiger partial charge in [-0.3, -0.25) is 9.59 Å². The Morgan fingerprint density at radius 2 is 1.76 bits per heavy atom. The number of hydrogen-bond donors (Lipinski definition) is 2. The first-order valence-electron chi connectivity index (χ1n) is 10.2. The molecule has 0 saturated heterocycles. The van der Waals surface area contributed by atoms with Gasteiger partial charge < -0.3 is 10.6 Å². The predicted molar refractivity (Wildman–Crippen MR) is 142 cm³/mol. The average Bonchev–Trinajstić information content (AvgIpc) is 3.26. The number of rotatable bonds is 7. The Hall–Kier alpha value is -2.84. The van der Waals surface area contributed by atoms with E-state index in [4.69, 9.17) is 23.2 Å². The highest BCUT2D eigenvalue weighted by molar-refractivity contribution is 8.00. The highest BCUT2D eigenvalue weighted by Crippen LogP contribution is 2.38. The van der Waals surface area contributed by atoms with Crippen LogP contribution in [0.3, 0.4) is 0 Å². The van der Waals surface area contributed by atoms with E-state index in [2.05, 4.69) is 15.6 Å². The Labute approximate surface area is 215 Å². The minimum Gasteiger partial charge on any atom is -0.326 e. The van der Waals surface area contributed by atoms with Gasteiger partial charge in [-0.25, -0.2) is 4.98 Å². The number of nitrogens with one attached hydrogen (secondary N) is 2. The standard InChI is InChI=1S/C25H19Cl2N3O2S2/c1-15(31)28-18-8-5-9-19(13-18)34-23(16-6-3-2-4-7-16)24(32)30-25-29-22(14-33-25)20-11-10-17(26)12-21(20)27/h2-14,23H,1H3,(H,28,31)(H,29,30,32). The number of nitrogens with zero attached hydrogens (tertiary/aromatic N) is 1. The van der Waals surface area contributed by atoms with Crippen LogP contribution in [0, 0.1) is 0 Å². The van der Waals surface area contributed by atoms with E-state index in [9.17, 15) is 9.59 Å². The molecule has 2 N–H and O–H groups in total. The Morgan fingerprint density at radius 1 is 0.971 bits per heavy atom. The van der Waals surface area contributed by atoms with Gasteiger partial charge in [0.15, 0.2) is 5.13 Å². The maximum absolute atomic E-state index is 13.4. The first-order chi connectivity index (χ1) is 16.4. The number of aromatic nitrogens is 1. The van der Waals surface area contributed by atoms with E-state index in [0.717, 1.165) is 16.0 Å². The maximum atomic E-state index is 13.4. The quantitative estimate of drug-likeness (QED) is 0.243. The first kappa shape index (κ1) is 24.3. The lowest BCUT2D eigenvalue weighted by Crippen LogP contribution is -2.19. The molecule has 1 heterocycles. The molecule has 0 aliphatic rings. The Bertz CT molecular complexity index is 1330. The predicted octanol–water partition coefficient (Wildman–Crippen LogP) is 7.55. The first-order valence-corrected chi connectivity index (χ1v) is 12.7. The van der Waals surface area contributed by atoms with Crippen molar-refractivity contribution in [1.82, 2.24) is 4.98 Å². The zero-order valence-corrected chi connectivity index (χ0v) is 21.1. The van der Waals surface area contributed by atoms with E-state index in [1.807, 2.05) is 60.0 Å². The molecule has 1 aromatic heterocycles. The van der Waals surface area contributed by atoms with Crippen LogP contribution in [-0.2, 0) is 9.59 Å². The molecule has 0 radical (unpaired) electrons. The van der Waals surface area contributed by atoms with Crippen LogP contribution in [0.1, 0.15) is 17.7 Å². The molecule has 0 fully saturated rings. The summed E-state index contributed by atoms with van der Waals surface area (Å²) in [4.78, 5) is 30.2. The minimum atomic E-state index is -0.528. The number of hydrogen-bond acceptors (Lipinski definition) is 5. The van der Waals surface area contributed by atoms with Gasteiger partial charge in [-0.05, 0) is 42.0 Å². The molecule has 3 aromatic carbocycles. The lowest BCUT2D eigenvalue weighted by molar-refractivity contribution is -0.116. The molecule has 0 bridgehead atoms. The lowest BCUT2D eigenvalue weighted by Gasteiger charge is -2.16. The average molecular weight is 528 g/mol. The normalized spacial score (nSPS) is 11.6. The smallest absolute Gasteiger partial charge is 0.244 e. The van der Waals surface area contributed by atoms with Crippen molar-refractivity contribution in [3.05, 3.63) is 93.8 Å². The van der Waals surface area contributed by atoms with Crippen LogP contribution in [0.5, 0.6) is 0 Å². The van der Waals surface area contributed by atoms with Gasteiger partial charge in [0.1, 0.15) is 5.25 Å². The zero-order valence-electron chi connectivity index (χ0n) is 17.9. The number of halogens is 2. The van der Waals surface area contributed by atoms with Gasteiger partial charge in [-0.1, -0.05) is 59.6 Å². The van der Waals surface area contributed by atoms with Crippen molar-refractivity contribution in [3.8, 4) is 11.3 Å². The van der Waals surface area contributed by atoms with Crippen molar-refractivity contribution in [1.29, 1.82) is 0 Å². The number of thiazole rings is 1. The third-order valence-corrected chi connectivity index (χ3v) is 7.24. The van der Waals surface area contributed by atoms with Crippen molar-refractivity contribution < 1.29 is 9.59 Å². The fraction of sp³-hybridized carbons (Fsp3) is 0.0800. The van der Waals surface area contributed by atoms with Gasteiger partial charge in [-0.15, -0.1) is 23.1 Å². The van der Waals surface area contributed by atoms with Crippen LogP contribution in [-0.4, -0.2) is 16.8 Å². The third kappa shape index (κ3) is 6.18. The van der Waals surface area contributed by atoms with Gasteiger partial charge in [0.25, 0.3) is 0 Å². The van der Waals surface area contributed by atoms with Gasteiger partial charge >= 0.3 is 0 Å². The fourth-order valence-electron chi connectivity index (χ4n) is 3.21. The highest BCUT2D eigenvalue weighted by atomic mass is 35.5. The van der Waals surface area contributed by atoms with E-state index >= 15 is 0 Å². The van der Waals surface area contributed by atoms with Gasteiger partial charge in [0.2, 0.25) is 11.8 Å².